The summed E-state index contributed by atoms with van der Waals surface area (Å²) in [4.78, 5) is 0. The minimum Gasteiger partial charge on any atom is -0.376 e. The lowest BCUT2D eigenvalue weighted by molar-refractivity contribution is -0.0269. The number of methoxy groups -OCH3 is 1. The zero-order chi connectivity index (χ0) is 12.8. The first-order valence-electron chi connectivity index (χ1n) is 7.52. The Hall–Kier alpha value is -0.380. The normalized spacial score (nSPS) is 26.2. The van der Waals surface area contributed by atoms with E-state index >= 15 is 0 Å². The van der Waals surface area contributed by atoms with E-state index in [1.807, 2.05) is 7.11 Å². The Kier molecular flexibility index (Phi) is 5.22. The van der Waals surface area contributed by atoms with E-state index in [9.17, 15) is 0 Å². The van der Waals surface area contributed by atoms with Crippen molar-refractivity contribution in [2.75, 3.05) is 7.11 Å². The monoisotopic (exact) mass is 252 g/mol. The molecule has 0 aromatic carbocycles. The molecule has 1 saturated carbocycles. The summed E-state index contributed by atoms with van der Waals surface area (Å²) in [6, 6.07) is 0.211. The minimum absolute atomic E-state index is 0.0558. The molecule has 3 nitrogen and oxygen atoms in total. The highest BCUT2D eigenvalue weighted by Gasteiger charge is 2.42. The molecule has 18 heavy (non-hydrogen) atoms. The van der Waals surface area contributed by atoms with Gasteiger partial charge in [0, 0.05) is 7.11 Å². The van der Waals surface area contributed by atoms with Crippen LogP contribution in [0.25, 0.3) is 0 Å². The zero-order valence-electron chi connectivity index (χ0n) is 11.7. The number of rotatable bonds is 4. The molecule has 3 N–H and O–H groups in total. The van der Waals surface area contributed by atoms with Gasteiger partial charge in [-0.25, -0.2) is 0 Å². The molecule has 1 fully saturated rings. The van der Waals surface area contributed by atoms with E-state index < -0.39 is 0 Å². The largest absolute Gasteiger partial charge is 0.376 e. The van der Waals surface area contributed by atoms with E-state index in [4.69, 9.17) is 10.6 Å². The quantitative estimate of drug-likeness (QED) is 0.459. The second-order valence-corrected chi connectivity index (χ2v) is 5.81. The Morgan fingerprint density at radius 2 is 1.89 bits per heavy atom. The van der Waals surface area contributed by atoms with Crippen molar-refractivity contribution < 1.29 is 4.74 Å². The molecule has 0 aliphatic heterocycles. The summed E-state index contributed by atoms with van der Waals surface area (Å²) in [6.07, 6.45) is 14.9. The maximum absolute atomic E-state index is 5.89. The summed E-state index contributed by atoms with van der Waals surface area (Å²) < 4.78 is 5.89. The van der Waals surface area contributed by atoms with Crippen molar-refractivity contribution in [2.24, 2.45) is 5.84 Å². The van der Waals surface area contributed by atoms with Gasteiger partial charge in [-0.2, -0.15) is 0 Å². The fourth-order valence-corrected chi connectivity index (χ4v) is 3.66. The standard InChI is InChI=1S/C15H28N2O/c1-18-15(11-7-8-12-15)14(17-16)13-9-5-3-2-4-6-10-13/h9,14,17H,2-8,10-12,16H2,1H3. The maximum atomic E-state index is 5.89. The predicted molar refractivity (Wildman–Crippen MR) is 75.1 cm³/mol. The number of nitrogens with one attached hydrogen (secondary N) is 1. The molecule has 0 radical (unpaired) electrons. The summed E-state index contributed by atoms with van der Waals surface area (Å²) in [6.45, 7) is 0. The number of hydrogen-bond donors (Lipinski definition) is 2. The average molecular weight is 252 g/mol. The molecule has 0 bridgehead atoms. The predicted octanol–water partition coefficient (Wildman–Crippen LogP) is 3.06. The van der Waals surface area contributed by atoms with Gasteiger partial charge in [0.15, 0.2) is 0 Å². The van der Waals surface area contributed by atoms with Gasteiger partial charge in [-0.15, -0.1) is 0 Å². The number of allylic oxidation sites excluding steroid dienone is 1. The second kappa shape index (κ2) is 6.69. The van der Waals surface area contributed by atoms with Gasteiger partial charge in [0.2, 0.25) is 0 Å². The molecule has 3 heteroatoms. The van der Waals surface area contributed by atoms with Crippen molar-refractivity contribution in [3.05, 3.63) is 11.6 Å². The molecular formula is C15H28N2O. The zero-order valence-corrected chi connectivity index (χ0v) is 11.7. The van der Waals surface area contributed by atoms with Crippen LogP contribution in [-0.2, 0) is 4.74 Å². The van der Waals surface area contributed by atoms with Crippen LogP contribution in [0.15, 0.2) is 11.6 Å². The van der Waals surface area contributed by atoms with Crippen LogP contribution in [0.1, 0.15) is 64.2 Å². The van der Waals surface area contributed by atoms with Gasteiger partial charge in [0.1, 0.15) is 0 Å². The van der Waals surface area contributed by atoms with Gasteiger partial charge in [-0.3, -0.25) is 11.3 Å². The number of ether oxygens (including phenoxy) is 1. The molecule has 2 aliphatic rings. The summed E-state index contributed by atoms with van der Waals surface area (Å²) in [5.41, 5.74) is 4.49. The fraction of sp³-hybridized carbons (Fsp3) is 0.867. The molecule has 1 atom stereocenters. The van der Waals surface area contributed by atoms with Crippen molar-refractivity contribution in [1.29, 1.82) is 0 Å². The molecular weight excluding hydrogens is 224 g/mol. The Morgan fingerprint density at radius 1 is 1.17 bits per heavy atom. The fourth-order valence-electron chi connectivity index (χ4n) is 3.66. The molecule has 0 aromatic rings. The van der Waals surface area contributed by atoms with Crippen LogP contribution in [0, 0.1) is 0 Å². The van der Waals surface area contributed by atoms with Gasteiger partial charge in [0.05, 0.1) is 11.6 Å². The van der Waals surface area contributed by atoms with E-state index in [1.54, 1.807) is 0 Å². The van der Waals surface area contributed by atoms with Gasteiger partial charge in [-0.1, -0.05) is 37.3 Å². The molecule has 0 aromatic heterocycles. The van der Waals surface area contributed by atoms with Crippen LogP contribution < -0.4 is 11.3 Å². The van der Waals surface area contributed by atoms with Crippen LogP contribution in [0.3, 0.4) is 0 Å². The van der Waals surface area contributed by atoms with Crippen molar-refractivity contribution in [1.82, 2.24) is 5.43 Å². The highest BCUT2D eigenvalue weighted by Crippen LogP contribution is 2.39. The van der Waals surface area contributed by atoms with E-state index in [1.165, 1.54) is 56.9 Å². The minimum atomic E-state index is -0.0558. The van der Waals surface area contributed by atoms with Crippen LogP contribution >= 0.6 is 0 Å². The second-order valence-electron chi connectivity index (χ2n) is 5.81. The van der Waals surface area contributed by atoms with Crippen molar-refractivity contribution >= 4 is 0 Å². The SMILES string of the molecule is COC1(C(NN)C2=CCCCCCC2)CCCC1. The first-order chi connectivity index (χ1) is 8.82. The summed E-state index contributed by atoms with van der Waals surface area (Å²) in [5.74, 6) is 5.86. The van der Waals surface area contributed by atoms with Crippen LogP contribution in [0.2, 0.25) is 0 Å². The molecule has 1 unspecified atom stereocenters. The number of hydrazine groups is 1. The molecule has 0 amide bonds. The topological polar surface area (TPSA) is 47.3 Å². The van der Waals surface area contributed by atoms with Gasteiger partial charge in [-0.05, 0) is 38.5 Å². The Balaban J connectivity index is 2.14. The van der Waals surface area contributed by atoms with Crippen molar-refractivity contribution in [3.63, 3.8) is 0 Å². The maximum Gasteiger partial charge on any atom is 0.0882 e. The average Bonchev–Trinajstić information content (AvgIpc) is 2.82. The third kappa shape index (κ3) is 2.95. The van der Waals surface area contributed by atoms with Crippen LogP contribution in [0.4, 0.5) is 0 Å². The molecule has 2 rings (SSSR count). The summed E-state index contributed by atoms with van der Waals surface area (Å²) >= 11 is 0. The van der Waals surface area contributed by atoms with Crippen molar-refractivity contribution in [3.8, 4) is 0 Å². The van der Waals surface area contributed by atoms with E-state index in [-0.39, 0.29) is 11.6 Å². The third-order valence-electron chi connectivity index (χ3n) is 4.75. The number of nitrogens with two attached hydrogens (primary N) is 1. The van der Waals surface area contributed by atoms with Gasteiger partial charge < -0.3 is 4.74 Å². The lowest BCUT2D eigenvalue weighted by Crippen LogP contribution is -2.54. The summed E-state index contributed by atoms with van der Waals surface area (Å²) in [5, 5.41) is 0. The Bertz CT molecular complexity index is 282. The van der Waals surface area contributed by atoms with E-state index in [2.05, 4.69) is 11.5 Å². The van der Waals surface area contributed by atoms with Gasteiger partial charge >= 0.3 is 0 Å². The Labute approximate surface area is 111 Å². The smallest absolute Gasteiger partial charge is 0.0882 e. The van der Waals surface area contributed by atoms with E-state index in [0.717, 1.165) is 12.8 Å². The molecule has 104 valence electrons. The summed E-state index contributed by atoms with van der Waals surface area (Å²) in [7, 11) is 1.85. The van der Waals surface area contributed by atoms with Crippen LogP contribution in [-0.4, -0.2) is 18.8 Å². The molecule has 0 spiro atoms. The number of hydrogen-bond acceptors (Lipinski definition) is 3. The Morgan fingerprint density at radius 3 is 2.56 bits per heavy atom. The van der Waals surface area contributed by atoms with Crippen LogP contribution in [0.5, 0.6) is 0 Å². The molecule has 0 heterocycles. The van der Waals surface area contributed by atoms with Gasteiger partial charge in [0.25, 0.3) is 0 Å². The third-order valence-corrected chi connectivity index (χ3v) is 4.75. The molecule has 0 saturated heterocycles. The highest BCUT2D eigenvalue weighted by molar-refractivity contribution is 5.19. The molecule has 2 aliphatic carbocycles. The highest BCUT2D eigenvalue weighted by atomic mass is 16.5. The first-order valence-corrected chi connectivity index (χ1v) is 7.52. The lowest BCUT2D eigenvalue weighted by Gasteiger charge is -2.38. The lowest BCUT2D eigenvalue weighted by atomic mass is 9.83. The van der Waals surface area contributed by atoms with Crippen molar-refractivity contribution in [2.45, 2.75) is 75.9 Å². The first kappa shape index (κ1) is 14.0. The van der Waals surface area contributed by atoms with E-state index in [0.29, 0.717) is 0 Å².